The number of hydrogen-bond donors (Lipinski definition) is 3. The molecule has 4 aromatic rings. The lowest BCUT2D eigenvalue weighted by molar-refractivity contribution is -0.141. The van der Waals surface area contributed by atoms with Crippen LogP contribution in [0.1, 0.15) is 72.3 Å². The Bertz CT molecular complexity index is 2010. The molecule has 5 heterocycles. The number of piperidine rings is 1. The van der Waals surface area contributed by atoms with E-state index in [4.69, 9.17) is 9.84 Å². The lowest BCUT2D eigenvalue weighted by Crippen LogP contribution is -2.53. The number of aryl methyl sites for hydroxylation is 1. The maximum Gasteiger partial charge on any atom is 0.404 e. The number of carbonyl (C=O) groups excluding carboxylic acids is 2. The molecule has 2 saturated carbocycles. The highest BCUT2D eigenvalue weighted by molar-refractivity contribution is 5.96. The summed E-state index contributed by atoms with van der Waals surface area (Å²) in [6.07, 6.45) is 4.02. The van der Waals surface area contributed by atoms with Crippen molar-refractivity contribution in [1.29, 1.82) is 0 Å². The van der Waals surface area contributed by atoms with Gasteiger partial charge in [0, 0.05) is 61.6 Å². The Hall–Kier alpha value is -4.65. The number of carbonyl (C=O) groups is 3. The lowest BCUT2D eigenvalue weighted by Gasteiger charge is -2.42. The van der Waals surface area contributed by atoms with Crippen LogP contribution < -0.4 is 10.1 Å². The molecule has 8 rings (SSSR count). The number of alkyl halides is 1. The summed E-state index contributed by atoms with van der Waals surface area (Å²) in [6.45, 7) is 4.18. The zero-order valence-electron chi connectivity index (χ0n) is 29.1. The van der Waals surface area contributed by atoms with Crippen LogP contribution in [0.2, 0.25) is 0 Å². The number of methoxy groups -OCH3 is 1. The number of aromatic nitrogens is 3. The van der Waals surface area contributed by atoms with Gasteiger partial charge in [-0.15, -0.1) is 0 Å². The fourth-order valence-electron chi connectivity index (χ4n) is 8.53. The van der Waals surface area contributed by atoms with Crippen LogP contribution in [0.25, 0.3) is 27.8 Å². The maximum atomic E-state index is 14.6. The number of aliphatic hydroxyl groups excluding tert-OH is 1. The lowest BCUT2D eigenvalue weighted by atomic mass is 9.83. The number of halogens is 1. The van der Waals surface area contributed by atoms with E-state index in [1.54, 1.807) is 23.9 Å². The highest BCUT2D eigenvalue weighted by Crippen LogP contribution is 2.42. The second-order valence-corrected chi connectivity index (χ2v) is 15.1. The normalized spacial score (nSPS) is 24.2. The van der Waals surface area contributed by atoms with Crippen LogP contribution in [-0.4, -0.2) is 104 Å². The van der Waals surface area contributed by atoms with E-state index in [0.29, 0.717) is 37.6 Å². The first kappa shape index (κ1) is 33.5. The van der Waals surface area contributed by atoms with E-state index in [9.17, 15) is 29.0 Å². The Morgan fingerprint density at radius 2 is 1.76 bits per heavy atom. The van der Waals surface area contributed by atoms with Gasteiger partial charge in [-0.05, 0) is 69.1 Å². The monoisotopic (exact) mass is 700 g/mol. The first-order valence-corrected chi connectivity index (χ1v) is 18.2. The third kappa shape index (κ3) is 6.30. The molecule has 0 unspecified atom stereocenters. The fourth-order valence-corrected chi connectivity index (χ4v) is 8.53. The van der Waals surface area contributed by atoms with Crippen LogP contribution in [0.15, 0.2) is 36.5 Å². The number of rotatable bonds is 8. The van der Waals surface area contributed by atoms with E-state index in [1.807, 2.05) is 11.8 Å². The van der Waals surface area contributed by atoms with Gasteiger partial charge < -0.3 is 34.6 Å². The van der Waals surface area contributed by atoms with Crippen molar-refractivity contribution in [2.24, 2.45) is 11.8 Å². The van der Waals surface area contributed by atoms with Crippen LogP contribution in [-0.2, 0) is 11.3 Å². The SMILES string of the molecule is COc1cc(C(=O)N2C[C@H](F)C[C@@H](NC(=O)O)C2)cn2nc(-c3cc4cccc(C5CN(C(=O)C6CCC(O)CC6)C5)c4n3CC3CC3)c(C)c12. The summed E-state index contributed by atoms with van der Waals surface area (Å²) in [5, 5.41) is 27.6. The van der Waals surface area contributed by atoms with Crippen molar-refractivity contribution in [3.05, 3.63) is 53.2 Å². The number of para-hydroxylation sites is 1. The molecule has 2 aliphatic carbocycles. The number of benzene rings is 1. The Kier molecular flexibility index (Phi) is 8.64. The summed E-state index contributed by atoms with van der Waals surface area (Å²) in [5.74, 6) is 1.07. The summed E-state index contributed by atoms with van der Waals surface area (Å²) in [7, 11) is 1.54. The molecule has 3 aromatic heterocycles. The predicted octanol–water partition coefficient (Wildman–Crippen LogP) is 4.98. The molecule has 3 amide bonds. The number of fused-ring (bicyclic) bond motifs is 2. The molecule has 2 aliphatic heterocycles. The fraction of sp³-hybridized carbons (Fsp3) is 0.526. The van der Waals surface area contributed by atoms with Gasteiger partial charge in [-0.25, -0.2) is 13.7 Å². The molecule has 2 saturated heterocycles. The number of likely N-dealkylation sites (tertiary alicyclic amines) is 2. The third-order valence-corrected chi connectivity index (χ3v) is 11.4. The van der Waals surface area contributed by atoms with Gasteiger partial charge in [0.1, 0.15) is 23.1 Å². The van der Waals surface area contributed by atoms with E-state index in [0.717, 1.165) is 47.2 Å². The van der Waals surface area contributed by atoms with Crippen molar-refractivity contribution in [3.63, 3.8) is 0 Å². The topological polar surface area (TPSA) is 142 Å². The number of pyridine rings is 1. The molecule has 13 heteroatoms. The van der Waals surface area contributed by atoms with Crippen LogP contribution in [0, 0.1) is 18.8 Å². The van der Waals surface area contributed by atoms with E-state index >= 15 is 0 Å². The largest absolute Gasteiger partial charge is 0.494 e. The Balaban J connectivity index is 1.12. The molecular weight excluding hydrogens is 655 g/mol. The van der Waals surface area contributed by atoms with Crippen molar-refractivity contribution in [2.45, 2.75) is 82.6 Å². The van der Waals surface area contributed by atoms with Crippen molar-refractivity contribution in [3.8, 4) is 17.1 Å². The molecule has 0 radical (unpaired) electrons. The van der Waals surface area contributed by atoms with E-state index in [2.05, 4.69) is 34.1 Å². The van der Waals surface area contributed by atoms with Crippen molar-refractivity contribution in [1.82, 2.24) is 29.3 Å². The summed E-state index contributed by atoms with van der Waals surface area (Å²) >= 11 is 0. The van der Waals surface area contributed by atoms with Gasteiger partial charge in [-0.1, -0.05) is 18.2 Å². The molecule has 3 N–H and O–H groups in total. The summed E-state index contributed by atoms with van der Waals surface area (Å²) in [5.41, 5.74) is 6.06. The van der Waals surface area contributed by atoms with Gasteiger partial charge in [0.25, 0.3) is 5.91 Å². The van der Waals surface area contributed by atoms with Crippen molar-refractivity contribution in [2.75, 3.05) is 33.3 Å². The summed E-state index contributed by atoms with van der Waals surface area (Å²) < 4.78 is 24.5. The summed E-state index contributed by atoms with van der Waals surface area (Å²) in [6, 6.07) is 9.55. The van der Waals surface area contributed by atoms with Crippen molar-refractivity contribution < 1.29 is 33.7 Å². The van der Waals surface area contributed by atoms with Crippen molar-refractivity contribution >= 4 is 34.3 Å². The Morgan fingerprint density at radius 1 is 1.00 bits per heavy atom. The number of amides is 3. The van der Waals surface area contributed by atoms with Gasteiger partial charge in [-0.2, -0.15) is 5.10 Å². The zero-order chi connectivity index (χ0) is 35.6. The second kappa shape index (κ2) is 13.2. The zero-order valence-corrected chi connectivity index (χ0v) is 29.1. The van der Waals surface area contributed by atoms with Gasteiger partial charge in [0.05, 0.1) is 42.6 Å². The number of hydrogen-bond acceptors (Lipinski definition) is 6. The number of aliphatic hydroxyl groups is 1. The molecular formula is C38H45FN6O6. The van der Waals surface area contributed by atoms with Crippen LogP contribution in [0.5, 0.6) is 5.75 Å². The van der Waals surface area contributed by atoms with E-state index in [-0.39, 0.29) is 48.9 Å². The number of ether oxygens (including phenoxy) is 1. The standard InChI is InChI=1S/C38H45FN6O6/c1-21-33(41-45-18-25(13-32(51-2)34(21)45)37(48)43-19-27(39)14-28(20-43)40-38(49)50)31-12-24-4-3-5-30(35(24)44(31)15-22-6-7-22)26-16-42(17-26)36(47)23-8-10-29(46)11-9-23/h3-5,12-13,18,22-23,26-29,40,46H,6-11,14-17,19-20H2,1-2H3,(H,49,50)/t23?,27-,28-,29?/m1/s1. The molecule has 4 aliphatic rings. The summed E-state index contributed by atoms with van der Waals surface area (Å²) in [4.78, 5) is 41.5. The average Bonchev–Trinajstić information content (AvgIpc) is 3.75. The molecule has 12 nitrogen and oxygen atoms in total. The molecule has 1 aromatic carbocycles. The van der Waals surface area contributed by atoms with E-state index < -0.39 is 24.2 Å². The highest BCUT2D eigenvalue weighted by atomic mass is 19.1. The number of carboxylic acid groups (broad SMARTS) is 1. The number of nitrogens with one attached hydrogen (secondary N) is 1. The molecule has 270 valence electrons. The molecule has 2 atom stereocenters. The van der Waals surface area contributed by atoms with Crippen LogP contribution >= 0.6 is 0 Å². The van der Waals surface area contributed by atoms with Gasteiger partial charge >= 0.3 is 6.09 Å². The van der Waals surface area contributed by atoms with Gasteiger partial charge in [-0.3, -0.25) is 9.59 Å². The number of nitrogens with zero attached hydrogens (tertiary/aromatic N) is 5. The first-order chi connectivity index (χ1) is 24.6. The van der Waals surface area contributed by atoms with Crippen LogP contribution in [0.4, 0.5) is 9.18 Å². The second-order valence-electron chi connectivity index (χ2n) is 15.1. The average molecular weight is 701 g/mol. The highest BCUT2D eigenvalue weighted by Gasteiger charge is 2.38. The Labute approximate surface area is 295 Å². The first-order valence-electron chi connectivity index (χ1n) is 18.2. The van der Waals surface area contributed by atoms with E-state index in [1.165, 1.54) is 28.8 Å². The molecule has 0 bridgehead atoms. The molecule has 0 spiro atoms. The minimum Gasteiger partial charge on any atom is -0.494 e. The maximum absolute atomic E-state index is 14.6. The Morgan fingerprint density at radius 3 is 2.47 bits per heavy atom. The predicted molar refractivity (Wildman–Crippen MR) is 188 cm³/mol. The minimum absolute atomic E-state index is 0.00706. The van der Waals surface area contributed by atoms with Crippen LogP contribution in [0.3, 0.4) is 0 Å². The quantitative estimate of drug-likeness (QED) is 0.236. The van der Waals surface area contributed by atoms with Gasteiger partial charge in [0.15, 0.2) is 0 Å². The third-order valence-electron chi connectivity index (χ3n) is 11.4. The minimum atomic E-state index is -1.35. The molecule has 51 heavy (non-hydrogen) atoms. The van der Waals surface area contributed by atoms with Gasteiger partial charge in [0.2, 0.25) is 5.91 Å². The molecule has 4 fully saturated rings. The smallest absolute Gasteiger partial charge is 0.404 e.